The molecule has 1 heterocycles. The minimum Gasteiger partial charge on any atom is -0.372 e. The lowest BCUT2D eigenvalue weighted by atomic mass is 9.88. The van der Waals surface area contributed by atoms with E-state index in [2.05, 4.69) is 25.9 Å². The van der Waals surface area contributed by atoms with Crippen LogP contribution in [-0.2, 0) is 0 Å². The second-order valence-electron chi connectivity index (χ2n) is 4.06. The maximum Gasteiger partial charge on any atom is 0.147 e. The molecule has 1 rings (SSSR count). The summed E-state index contributed by atoms with van der Waals surface area (Å²) >= 11 is 0. The van der Waals surface area contributed by atoms with Gasteiger partial charge < -0.3 is 5.11 Å². The van der Waals surface area contributed by atoms with Crippen LogP contribution in [0.15, 0.2) is 5.10 Å². The number of hydrazone groups is 1. The Labute approximate surface area is 67.7 Å². The fraction of sp³-hybridized carbons (Fsp3) is 0.875. The Morgan fingerprint density at radius 1 is 1.55 bits per heavy atom. The summed E-state index contributed by atoms with van der Waals surface area (Å²) in [5.41, 5.74) is 1.17. The van der Waals surface area contributed by atoms with Gasteiger partial charge in [0.05, 0.1) is 0 Å². The summed E-state index contributed by atoms with van der Waals surface area (Å²) < 4.78 is 0. The third-order valence-electron chi connectivity index (χ3n) is 1.95. The van der Waals surface area contributed by atoms with Crippen LogP contribution in [-0.4, -0.2) is 29.1 Å². The van der Waals surface area contributed by atoms with Gasteiger partial charge in [-0.05, 0) is 0 Å². The lowest BCUT2D eigenvalue weighted by Gasteiger charge is -2.16. The maximum atomic E-state index is 9.34. The first-order valence-corrected chi connectivity index (χ1v) is 3.90. The lowest BCUT2D eigenvalue weighted by molar-refractivity contribution is 0.0450. The number of aliphatic hydroxyl groups excluding tert-OH is 1. The number of nitrogens with zero attached hydrogens (tertiary/aromatic N) is 2. The summed E-state index contributed by atoms with van der Waals surface area (Å²) in [4.78, 5) is 0. The molecule has 3 heteroatoms. The fourth-order valence-electron chi connectivity index (χ4n) is 1.06. The van der Waals surface area contributed by atoms with Crippen molar-refractivity contribution in [2.24, 2.45) is 10.5 Å². The zero-order valence-electron chi connectivity index (χ0n) is 7.63. The summed E-state index contributed by atoms with van der Waals surface area (Å²) in [5.74, 6) is 0. The van der Waals surface area contributed by atoms with Gasteiger partial charge in [0.1, 0.15) is 6.23 Å². The van der Waals surface area contributed by atoms with Crippen LogP contribution in [0, 0.1) is 5.41 Å². The molecule has 1 unspecified atom stereocenters. The molecule has 11 heavy (non-hydrogen) atoms. The molecule has 0 amide bonds. The van der Waals surface area contributed by atoms with E-state index >= 15 is 0 Å². The normalized spacial score (nSPS) is 25.7. The molecule has 0 radical (unpaired) electrons. The highest BCUT2D eigenvalue weighted by atomic mass is 16.3. The average molecular weight is 156 g/mol. The number of hydrogen-bond donors (Lipinski definition) is 1. The van der Waals surface area contributed by atoms with Crippen LogP contribution in [0.1, 0.15) is 27.2 Å². The fourth-order valence-corrected chi connectivity index (χ4v) is 1.06. The number of hydrogen-bond acceptors (Lipinski definition) is 3. The molecular formula is C8H16N2O. The van der Waals surface area contributed by atoms with Crippen molar-refractivity contribution in [3.63, 3.8) is 0 Å². The van der Waals surface area contributed by atoms with Gasteiger partial charge in [-0.15, -0.1) is 0 Å². The van der Waals surface area contributed by atoms with Gasteiger partial charge in [0.2, 0.25) is 0 Å². The van der Waals surface area contributed by atoms with Crippen LogP contribution < -0.4 is 0 Å². The highest BCUT2D eigenvalue weighted by Crippen LogP contribution is 2.24. The predicted molar refractivity (Wildman–Crippen MR) is 45.3 cm³/mol. The van der Waals surface area contributed by atoms with Crippen molar-refractivity contribution in [1.29, 1.82) is 0 Å². The van der Waals surface area contributed by atoms with Crippen molar-refractivity contribution in [1.82, 2.24) is 5.01 Å². The van der Waals surface area contributed by atoms with Gasteiger partial charge in [-0.2, -0.15) is 5.10 Å². The van der Waals surface area contributed by atoms with Gasteiger partial charge in [-0.1, -0.05) is 20.8 Å². The first-order valence-electron chi connectivity index (χ1n) is 3.90. The summed E-state index contributed by atoms with van der Waals surface area (Å²) in [5, 5.41) is 15.2. The summed E-state index contributed by atoms with van der Waals surface area (Å²) in [6.07, 6.45) is 0.268. The van der Waals surface area contributed by atoms with Gasteiger partial charge in [-0.25, -0.2) is 0 Å². The van der Waals surface area contributed by atoms with E-state index in [0.29, 0.717) is 6.42 Å². The van der Waals surface area contributed by atoms with Gasteiger partial charge in [0.25, 0.3) is 0 Å². The van der Waals surface area contributed by atoms with E-state index in [1.54, 1.807) is 12.1 Å². The van der Waals surface area contributed by atoms with Crippen LogP contribution in [0.2, 0.25) is 0 Å². The molecular weight excluding hydrogens is 140 g/mol. The van der Waals surface area contributed by atoms with Crippen molar-refractivity contribution in [3.05, 3.63) is 0 Å². The van der Waals surface area contributed by atoms with Crippen molar-refractivity contribution < 1.29 is 5.11 Å². The van der Waals surface area contributed by atoms with E-state index in [1.807, 2.05) is 0 Å². The molecule has 0 aromatic rings. The molecule has 3 nitrogen and oxygen atoms in total. The summed E-state index contributed by atoms with van der Waals surface area (Å²) in [6.45, 7) is 6.33. The minimum atomic E-state index is -0.413. The largest absolute Gasteiger partial charge is 0.372 e. The minimum absolute atomic E-state index is 0.0890. The van der Waals surface area contributed by atoms with Gasteiger partial charge in [-0.3, -0.25) is 5.01 Å². The molecule has 0 saturated heterocycles. The molecule has 0 bridgehead atoms. The Balaban J connectivity index is 2.71. The molecule has 1 N–H and O–H groups in total. The lowest BCUT2D eigenvalue weighted by Crippen LogP contribution is -2.23. The molecule has 1 atom stereocenters. The van der Waals surface area contributed by atoms with E-state index in [1.165, 1.54) is 0 Å². The molecule has 0 aromatic heterocycles. The molecule has 0 aromatic carbocycles. The zero-order chi connectivity index (χ0) is 8.65. The number of rotatable bonds is 0. The van der Waals surface area contributed by atoms with E-state index < -0.39 is 6.23 Å². The molecule has 1 aliphatic rings. The van der Waals surface area contributed by atoms with Crippen LogP contribution in [0.5, 0.6) is 0 Å². The van der Waals surface area contributed by atoms with Crippen molar-refractivity contribution in [2.45, 2.75) is 33.4 Å². The van der Waals surface area contributed by atoms with Crippen LogP contribution in [0.3, 0.4) is 0 Å². The first-order chi connectivity index (χ1) is 4.91. The molecule has 0 spiro atoms. The van der Waals surface area contributed by atoms with Crippen LogP contribution in [0.25, 0.3) is 0 Å². The quantitative estimate of drug-likeness (QED) is 0.569. The van der Waals surface area contributed by atoms with E-state index in [4.69, 9.17) is 0 Å². The smallest absolute Gasteiger partial charge is 0.147 e. The third kappa shape index (κ3) is 1.71. The Kier molecular flexibility index (Phi) is 1.92. The summed E-state index contributed by atoms with van der Waals surface area (Å²) in [6, 6.07) is 0. The second-order valence-corrected chi connectivity index (χ2v) is 4.06. The molecule has 64 valence electrons. The van der Waals surface area contributed by atoms with Crippen LogP contribution >= 0.6 is 0 Å². The van der Waals surface area contributed by atoms with Gasteiger partial charge in [0.15, 0.2) is 0 Å². The molecule has 0 aliphatic carbocycles. The number of aliphatic hydroxyl groups is 1. The monoisotopic (exact) mass is 156 g/mol. The molecule has 1 aliphatic heterocycles. The topological polar surface area (TPSA) is 35.8 Å². The van der Waals surface area contributed by atoms with Gasteiger partial charge in [0, 0.05) is 24.6 Å². The third-order valence-corrected chi connectivity index (χ3v) is 1.95. The first kappa shape index (κ1) is 8.53. The highest BCUT2D eigenvalue weighted by Gasteiger charge is 2.28. The Morgan fingerprint density at radius 2 is 2.09 bits per heavy atom. The Bertz CT molecular complexity index is 181. The SMILES string of the molecule is CN1N=C(C(C)(C)C)CC1O. The van der Waals surface area contributed by atoms with E-state index in [0.717, 1.165) is 5.71 Å². The highest BCUT2D eigenvalue weighted by molar-refractivity contribution is 5.90. The van der Waals surface area contributed by atoms with Crippen molar-refractivity contribution in [3.8, 4) is 0 Å². The second kappa shape index (κ2) is 2.48. The average Bonchev–Trinajstić information content (AvgIpc) is 2.11. The molecule has 0 fully saturated rings. The maximum absolute atomic E-state index is 9.34. The van der Waals surface area contributed by atoms with Crippen molar-refractivity contribution >= 4 is 5.71 Å². The Hall–Kier alpha value is -0.570. The van der Waals surface area contributed by atoms with Crippen LogP contribution in [0.4, 0.5) is 0 Å². The standard InChI is InChI=1S/C8H16N2O/c1-8(2,3)6-5-7(11)10(4)9-6/h7,11H,5H2,1-4H3. The van der Waals surface area contributed by atoms with E-state index in [-0.39, 0.29) is 5.41 Å². The van der Waals surface area contributed by atoms with Gasteiger partial charge >= 0.3 is 0 Å². The predicted octanol–water partition coefficient (Wildman–Crippen LogP) is 1.04. The van der Waals surface area contributed by atoms with E-state index in [9.17, 15) is 5.11 Å². The van der Waals surface area contributed by atoms with Crippen molar-refractivity contribution in [2.75, 3.05) is 7.05 Å². The Morgan fingerprint density at radius 3 is 2.27 bits per heavy atom. The zero-order valence-corrected chi connectivity index (χ0v) is 7.63. The molecule has 0 saturated carbocycles. The summed E-state index contributed by atoms with van der Waals surface area (Å²) in [7, 11) is 1.80.